The van der Waals surface area contributed by atoms with Crippen molar-refractivity contribution in [2.24, 2.45) is 0 Å². The molecule has 86 valence electrons. The molecule has 0 spiro atoms. The number of rotatable bonds is 3. The van der Waals surface area contributed by atoms with Crippen LogP contribution in [0, 0.1) is 6.92 Å². The zero-order valence-electron chi connectivity index (χ0n) is 9.82. The fourth-order valence-electron chi connectivity index (χ4n) is 2.51. The molecule has 1 aromatic rings. The molecule has 1 N–H and O–H groups in total. The Bertz CT molecular complexity index is 350. The van der Waals surface area contributed by atoms with Crippen LogP contribution in [0.4, 0.5) is 5.82 Å². The van der Waals surface area contributed by atoms with Crippen LogP contribution in [-0.4, -0.2) is 30.2 Å². The molecule has 1 unspecified atom stereocenters. The Morgan fingerprint density at radius 1 is 1.25 bits per heavy atom. The minimum atomic E-state index is 0.655. The van der Waals surface area contributed by atoms with E-state index in [1.807, 2.05) is 6.20 Å². The van der Waals surface area contributed by atoms with Gasteiger partial charge in [0, 0.05) is 24.8 Å². The summed E-state index contributed by atoms with van der Waals surface area (Å²) in [7, 11) is 0. The lowest BCUT2D eigenvalue weighted by Gasteiger charge is -2.29. The molecule has 16 heavy (non-hydrogen) atoms. The van der Waals surface area contributed by atoms with Crippen molar-refractivity contribution < 1.29 is 0 Å². The van der Waals surface area contributed by atoms with Gasteiger partial charge in [-0.25, -0.2) is 4.98 Å². The number of hydrogen-bond donors (Lipinski definition) is 1. The van der Waals surface area contributed by atoms with Crippen LogP contribution in [0.5, 0.6) is 0 Å². The first-order valence-electron chi connectivity index (χ1n) is 6.26. The average molecular weight is 217 g/mol. The van der Waals surface area contributed by atoms with Gasteiger partial charge >= 0.3 is 0 Å². The quantitative estimate of drug-likeness (QED) is 0.835. The standard InChI is InChI=1S/C13H19N3/c1-10-2-5-13(15-8-10)16(11-3-4-11)12-6-7-14-9-12/h2,5,8,11-12,14H,3-4,6-7,9H2,1H3. The summed E-state index contributed by atoms with van der Waals surface area (Å²) in [4.78, 5) is 7.12. The normalized spacial score (nSPS) is 24.7. The number of nitrogens with zero attached hydrogens (tertiary/aromatic N) is 2. The van der Waals surface area contributed by atoms with Gasteiger partial charge in [0.1, 0.15) is 5.82 Å². The zero-order chi connectivity index (χ0) is 11.0. The van der Waals surface area contributed by atoms with Gasteiger partial charge in [-0.05, 0) is 44.4 Å². The second-order valence-corrected chi connectivity index (χ2v) is 4.98. The molecule has 1 saturated carbocycles. The van der Waals surface area contributed by atoms with Crippen molar-refractivity contribution in [3.05, 3.63) is 23.9 Å². The number of anilines is 1. The fraction of sp³-hybridized carbons (Fsp3) is 0.615. The molecule has 0 aromatic carbocycles. The summed E-state index contributed by atoms with van der Waals surface area (Å²) in [5, 5.41) is 3.45. The lowest BCUT2D eigenvalue weighted by Crippen LogP contribution is -2.39. The molecule has 0 radical (unpaired) electrons. The number of aromatic nitrogens is 1. The van der Waals surface area contributed by atoms with Crippen molar-refractivity contribution in [1.29, 1.82) is 0 Å². The Balaban J connectivity index is 1.84. The van der Waals surface area contributed by atoms with E-state index in [9.17, 15) is 0 Å². The molecule has 3 heteroatoms. The summed E-state index contributed by atoms with van der Waals surface area (Å²) in [6.45, 7) is 4.36. The van der Waals surface area contributed by atoms with Crippen LogP contribution in [0.3, 0.4) is 0 Å². The van der Waals surface area contributed by atoms with Gasteiger partial charge < -0.3 is 10.2 Å². The van der Waals surface area contributed by atoms with Gasteiger partial charge in [-0.15, -0.1) is 0 Å². The van der Waals surface area contributed by atoms with Crippen molar-refractivity contribution in [3.8, 4) is 0 Å². The number of nitrogens with one attached hydrogen (secondary N) is 1. The Morgan fingerprint density at radius 2 is 2.12 bits per heavy atom. The van der Waals surface area contributed by atoms with Crippen molar-refractivity contribution in [2.45, 2.75) is 38.3 Å². The minimum absolute atomic E-state index is 0.655. The third-order valence-electron chi connectivity index (χ3n) is 3.53. The van der Waals surface area contributed by atoms with Crippen LogP contribution in [0.2, 0.25) is 0 Å². The highest BCUT2D eigenvalue weighted by Crippen LogP contribution is 2.33. The molecule has 2 aliphatic rings. The summed E-state index contributed by atoms with van der Waals surface area (Å²) in [5.41, 5.74) is 1.24. The maximum Gasteiger partial charge on any atom is 0.129 e. The van der Waals surface area contributed by atoms with Crippen molar-refractivity contribution in [2.75, 3.05) is 18.0 Å². The van der Waals surface area contributed by atoms with Gasteiger partial charge in [-0.2, -0.15) is 0 Å². The van der Waals surface area contributed by atoms with Crippen LogP contribution >= 0.6 is 0 Å². The van der Waals surface area contributed by atoms with E-state index in [0.717, 1.165) is 19.1 Å². The van der Waals surface area contributed by atoms with E-state index in [4.69, 9.17) is 0 Å². The molecule has 1 aromatic heterocycles. The summed E-state index contributed by atoms with van der Waals surface area (Å²) >= 11 is 0. The third-order valence-corrected chi connectivity index (χ3v) is 3.53. The predicted octanol–water partition coefficient (Wildman–Crippen LogP) is 1.72. The van der Waals surface area contributed by atoms with E-state index in [1.54, 1.807) is 0 Å². The highest BCUT2D eigenvalue weighted by Gasteiger charge is 2.35. The summed E-state index contributed by atoms with van der Waals surface area (Å²) in [6, 6.07) is 5.74. The second kappa shape index (κ2) is 4.06. The average Bonchev–Trinajstić information content (AvgIpc) is 2.97. The van der Waals surface area contributed by atoms with Crippen molar-refractivity contribution in [1.82, 2.24) is 10.3 Å². The monoisotopic (exact) mass is 217 g/mol. The van der Waals surface area contributed by atoms with Crippen LogP contribution in [-0.2, 0) is 0 Å². The first-order chi connectivity index (χ1) is 7.84. The molecular weight excluding hydrogens is 198 g/mol. The van der Waals surface area contributed by atoms with Crippen LogP contribution < -0.4 is 10.2 Å². The van der Waals surface area contributed by atoms with E-state index in [2.05, 4.69) is 34.3 Å². The van der Waals surface area contributed by atoms with Crippen molar-refractivity contribution in [3.63, 3.8) is 0 Å². The van der Waals surface area contributed by atoms with Crippen LogP contribution in [0.15, 0.2) is 18.3 Å². The van der Waals surface area contributed by atoms with Gasteiger partial charge in [0.25, 0.3) is 0 Å². The molecule has 1 aliphatic carbocycles. The molecule has 2 fully saturated rings. The van der Waals surface area contributed by atoms with Gasteiger partial charge in [0.15, 0.2) is 0 Å². The highest BCUT2D eigenvalue weighted by molar-refractivity contribution is 5.44. The van der Waals surface area contributed by atoms with E-state index >= 15 is 0 Å². The largest absolute Gasteiger partial charge is 0.349 e. The minimum Gasteiger partial charge on any atom is -0.349 e. The molecule has 2 heterocycles. The number of pyridine rings is 1. The van der Waals surface area contributed by atoms with Crippen LogP contribution in [0.25, 0.3) is 0 Å². The molecule has 3 nitrogen and oxygen atoms in total. The SMILES string of the molecule is Cc1ccc(N(C2CC2)C2CCNC2)nc1. The van der Waals surface area contributed by atoms with Gasteiger partial charge in [-0.3, -0.25) is 0 Å². The van der Waals surface area contributed by atoms with Gasteiger partial charge in [-0.1, -0.05) is 6.07 Å². The zero-order valence-corrected chi connectivity index (χ0v) is 9.82. The molecule has 1 saturated heterocycles. The molecule has 0 bridgehead atoms. The molecule has 1 aliphatic heterocycles. The van der Waals surface area contributed by atoms with Crippen LogP contribution in [0.1, 0.15) is 24.8 Å². The maximum atomic E-state index is 4.58. The smallest absolute Gasteiger partial charge is 0.129 e. The summed E-state index contributed by atoms with van der Waals surface area (Å²) in [5.74, 6) is 1.17. The Labute approximate surface area is 96.9 Å². The maximum absolute atomic E-state index is 4.58. The second-order valence-electron chi connectivity index (χ2n) is 4.98. The first-order valence-corrected chi connectivity index (χ1v) is 6.26. The van der Waals surface area contributed by atoms with E-state index in [0.29, 0.717) is 6.04 Å². The number of hydrogen-bond acceptors (Lipinski definition) is 3. The van der Waals surface area contributed by atoms with E-state index in [-0.39, 0.29) is 0 Å². The molecule has 0 amide bonds. The Morgan fingerprint density at radius 3 is 2.69 bits per heavy atom. The Kier molecular flexibility index (Phi) is 2.56. The van der Waals surface area contributed by atoms with E-state index < -0.39 is 0 Å². The molecular formula is C13H19N3. The molecule has 1 atom stereocenters. The summed E-state index contributed by atoms with van der Waals surface area (Å²) < 4.78 is 0. The summed E-state index contributed by atoms with van der Waals surface area (Å²) in [6.07, 6.45) is 5.91. The Hall–Kier alpha value is -1.09. The molecule has 3 rings (SSSR count). The van der Waals surface area contributed by atoms with Gasteiger partial charge in [0.2, 0.25) is 0 Å². The fourth-order valence-corrected chi connectivity index (χ4v) is 2.51. The van der Waals surface area contributed by atoms with E-state index in [1.165, 1.54) is 30.6 Å². The highest BCUT2D eigenvalue weighted by atomic mass is 15.3. The van der Waals surface area contributed by atoms with Gasteiger partial charge in [0.05, 0.1) is 0 Å². The topological polar surface area (TPSA) is 28.2 Å². The van der Waals surface area contributed by atoms with Crippen molar-refractivity contribution >= 4 is 5.82 Å². The first kappa shape index (κ1) is 10.1. The lowest BCUT2D eigenvalue weighted by atomic mass is 10.2. The predicted molar refractivity (Wildman–Crippen MR) is 65.7 cm³/mol. The third kappa shape index (κ3) is 1.92. The lowest BCUT2D eigenvalue weighted by molar-refractivity contribution is 0.621. The number of aryl methyl sites for hydroxylation is 1.